The molecule has 0 aliphatic rings. The number of ether oxygens (including phenoxy) is 5. The van der Waals surface area contributed by atoms with Gasteiger partial charge in [-0.1, -0.05) is 0 Å². The van der Waals surface area contributed by atoms with E-state index in [1.807, 2.05) is 0 Å². The van der Waals surface area contributed by atoms with Crippen LogP contribution in [0.25, 0.3) is 0 Å². The first-order valence-electron chi connectivity index (χ1n) is 6.86. The Kier molecular flexibility index (Phi) is 9.56. The van der Waals surface area contributed by atoms with Crippen LogP contribution in [0.1, 0.15) is 5.56 Å². The smallest absolute Gasteiger partial charge is 0.128 e. The minimum Gasteiger partial charge on any atom is -0.497 e. The number of hydrogen-bond donors (Lipinski definition) is 1. The Bertz CT molecular complexity index is 382. The first kappa shape index (κ1) is 17.7. The van der Waals surface area contributed by atoms with Crippen LogP contribution in [-0.2, 0) is 20.8 Å². The Morgan fingerprint density at radius 3 is 2.19 bits per heavy atom. The van der Waals surface area contributed by atoms with Crippen molar-refractivity contribution in [1.29, 1.82) is 0 Å². The molecule has 0 bridgehead atoms. The number of aliphatic hydroxyl groups is 1. The van der Waals surface area contributed by atoms with Gasteiger partial charge >= 0.3 is 0 Å². The Morgan fingerprint density at radius 1 is 0.905 bits per heavy atom. The largest absolute Gasteiger partial charge is 0.497 e. The fourth-order valence-corrected chi connectivity index (χ4v) is 1.60. The molecule has 1 aromatic rings. The molecule has 1 rings (SSSR count). The van der Waals surface area contributed by atoms with Crippen molar-refractivity contribution in [2.24, 2.45) is 0 Å². The molecule has 6 nitrogen and oxygen atoms in total. The third-order valence-electron chi connectivity index (χ3n) is 2.73. The Balaban J connectivity index is 2.17. The van der Waals surface area contributed by atoms with E-state index in [0.717, 1.165) is 5.56 Å². The van der Waals surface area contributed by atoms with Gasteiger partial charge in [-0.2, -0.15) is 0 Å². The second kappa shape index (κ2) is 11.3. The van der Waals surface area contributed by atoms with E-state index >= 15 is 0 Å². The maximum atomic E-state index is 9.25. The summed E-state index contributed by atoms with van der Waals surface area (Å²) in [6.07, 6.45) is 0. The summed E-state index contributed by atoms with van der Waals surface area (Å²) < 4.78 is 26.2. The van der Waals surface area contributed by atoms with E-state index < -0.39 is 0 Å². The molecule has 0 unspecified atom stereocenters. The van der Waals surface area contributed by atoms with Crippen molar-refractivity contribution < 1.29 is 28.8 Å². The van der Waals surface area contributed by atoms with Crippen molar-refractivity contribution in [2.45, 2.75) is 6.61 Å². The summed E-state index contributed by atoms with van der Waals surface area (Å²) in [7, 11) is 3.22. The van der Waals surface area contributed by atoms with Crippen LogP contribution in [0.4, 0.5) is 0 Å². The van der Waals surface area contributed by atoms with Crippen molar-refractivity contribution in [3.63, 3.8) is 0 Å². The van der Waals surface area contributed by atoms with Crippen molar-refractivity contribution in [3.05, 3.63) is 23.8 Å². The molecule has 1 aromatic carbocycles. The van der Waals surface area contributed by atoms with Gasteiger partial charge in [0.2, 0.25) is 0 Å². The third kappa shape index (κ3) is 7.29. The third-order valence-corrected chi connectivity index (χ3v) is 2.73. The highest BCUT2D eigenvalue weighted by Crippen LogP contribution is 2.24. The standard InChI is InChI=1S/C15H24O6/c1-17-5-6-19-7-8-20-9-10-21-15-11-14(18-2)4-3-13(15)12-16/h3-4,11,16H,5-10,12H2,1-2H3. The second-order valence-electron chi connectivity index (χ2n) is 4.20. The summed E-state index contributed by atoms with van der Waals surface area (Å²) in [5.41, 5.74) is 0.721. The maximum Gasteiger partial charge on any atom is 0.128 e. The Hall–Kier alpha value is -1.34. The van der Waals surface area contributed by atoms with Gasteiger partial charge in [-0.15, -0.1) is 0 Å². The van der Waals surface area contributed by atoms with Gasteiger partial charge < -0.3 is 28.8 Å². The predicted octanol–water partition coefficient (Wildman–Crippen LogP) is 1.25. The van der Waals surface area contributed by atoms with Crippen LogP contribution in [0.5, 0.6) is 11.5 Å². The lowest BCUT2D eigenvalue weighted by Crippen LogP contribution is -2.12. The van der Waals surface area contributed by atoms with Gasteiger partial charge in [-0.05, 0) is 12.1 Å². The van der Waals surface area contributed by atoms with Gasteiger partial charge in [0.1, 0.15) is 18.1 Å². The van der Waals surface area contributed by atoms with Crippen LogP contribution in [0.3, 0.4) is 0 Å². The van der Waals surface area contributed by atoms with Crippen LogP contribution in [0.15, 0.2) is 18.2 Å². The summed E-state index contributed by atoms with van der Waals surface area (Å²) in [4.78, 5) is 0. The first-order valence-corrected chi connectivity index (χ1v) is 6.86. The summed E-state index contributed by atoms with van der Waals surface area (Å²) in [5.74, 6) is 1.30. The van der Waals surface area contributed by atoms with Gasteiger partial charge in [0.25, 0.3) is 0 Å². The minimum absolute atomic E-state index is 0.0759. The zero-order valence-corrected chi connectivity index (χ0v) is 12.7. The van der Waals surface area contributed by atoms with Crippen LogP contribution in [0.2, 0.25) is 0 Å². The monoisotopic (exact) mass is 300 g/mol. The Morgan fingerprint density at radius 2 is 1.57 bits per heavy atom. The molecule has 0 aromatic heterocycles. The highest BCUT2D eigenvalue weighted by atomic mass is 16.6. The van der Waals surface area contributed by atoms with Gasteiger partial charge in [-0.25, -0.2) is 0 Å². The zero-order valence-electron chi connectivity index (χ0n) is 12.7. The lowest BCUT2D eigenvalue weighted by atomic mass is 10.2. The van der Waals surface area contributed by atoms with Crippen molar-refractivity contribution in [3.8, 4) is 11.5 Å². The quantitative estimate of drug-likeness (QED) is 0.586. The van der Waals surface area contributed by atoms with E-state index in [-0.39, 0.29) is 6.61 Å². The molecular weight excluding hydrogens is 276 g/mol. The second-order valence-corrected chi connectivity index (χ2v) is 4.20. The lowest BCUT2D eigenvalue weighted by Gasteiger charge is -2.12. The highest BCUT2D eigenvalue weighted by molar-refractivity contribution is 5.40. The minimum atomic E-state index is -0.0759. The molecule has 1 N–H and O–H groups in total. The van der Waals surface area contributed by atoms with E-state index in [1.165, 1.54) is 0 Å². The molecule has 0 aliphatic carbocycles. The number of benzene rings is 1. The van der Waals surface area contributed by atoms with Gasteiger partial charge in [0, 0.05) is 18.7 Å². The molecule has 0 aliphatic heterocycles. The van der Waals surface area contributed by atoms with Gasteiger partial charge in [-0.3, -0.25) is 0 Å². The topological polar surface area (TPSA) is 66.4 Å². The van der Waals surface area contributed by atoms with Crippen LogP contribution in [-0.4, -0.2) is 59.0 Å². The van der Waals surface area contributed by atoms with E-state index in [4.69, 9.17) is 23.7 Å². The molecular formula is C15H24O6. The zero-order chi connectivity index (χ0) is 15.3. The average molecular weight is 300 g/mol. The number of aliphatic hydroxyl groups excluding tert-OH is 1. The SMILES string of the molecule is COCCOCCOCCOc1cc(OC)ccc1CO. The number of methoxy groups -OCH3 is 2. The molecule has 0 fully saturated rings. The summed E-state index contributed by atoms with van der Waals surface area (Å²) in [6.45, 7) is 2.98. The van der Waals surface area contributed by atoms with Crippen LogP contribution in [0, 0.1) is 0 Å². The molecule has 0 amide bonds. The van der Waals surface area contributed by atoms with Crippen molar-refractivity contribution in [2.75, 3.05) is 53.9 Å². The predicted molar refractivity (Wildman–Crippen MR) is 77.9 cm³/mol. The maximum absolute atomic E-state index is 9.25. The fraction of sp³-hybridized carbons (Fsp3) is 0.600. The lowest BCUT2D eigenvalue weighted by molar-refractivity contribution is 0.0178. The Labute approximate surface area is 125 Å². The number of hydrogen-bond acceptors (Lipinski definition) is 6. The normalized spacial score (nSPS) is 10.6. The van der Waals surface area contributed by atoms with E-state index in [2.05, 4.69) is 0 Å². The summed E-state index contributed by atoms with van der Waals surface area (Å²) in [5, 5.41) is 9.25. The highest BCUT2D eigenvalue weighted by Gasteiger charge is 2.05. The van der Waals surface area contributed by atoms with E-state index in [1.54, 1.807) is 32.4 Å². The van der Waals surface area contributed by atoms with E-state index in [0.29, 0.717) is 51.1 Å². The summed E-state index contributed by atoms with van der Waals surface area (Å²) in [6, 6.07) is 5.31. The molecule has 6 heteroatoms. The van der Waals surface area contributed by atoms with E-state index in [9.17, 15) is 5.11 Å². The van der Waals surface area contributed by atoms with Gasteiger partial charge in [0.15, 0.2) is 0 Å². The molecule has 21 heavy (non-hydrogen) atoms. The van der Waals surface area contributed by atoms with Crippen molar-refractivity contribution in [1.82, 2.24) is 0 Å². The fourth-order valence-electron chi connectivity index (χ4n) is 1.60. The molecule has 120 valence electrons. The van der Waals surface area contributed by atoms with Crippen LogP contribution < -0.4 is 9.47 Å². The van der Waals surface area contributed by atoms with Gasteiger partial charge in [0.05, 0.1) is 46.8 Å². The molecule has 0 radical (unpaired) electrons. The molecule has 0 atom stereocenters. The molecule has 0 saturated heterocycles. The molecule has 0 heterocycles. The molecule has 0 spiro atoms. The molecule has 0 saturated carbocycles. The average Bonchev–Trinajstić information content (AvgIpc) is 2.53. The summed E-state index contributed by atoms with van der Waals surface area (Å²) >= 11 is 0. The van der Waals surface area contributed by atoms with Crippen LogP contribution >= 0.6 is 0 Å². The first-order chi connectivity index (χ1) is 10.3. The van der Waals surface area contributed by atoms with Crippen molar-refractivity contribution >= 4 is 0 Å². The number of rotatable bonds is 12.